The Kier molecular flexibility index (Phi) is 6.89. The van der Waals surface area contributed by atoms with Crippen molar-refractivity contribution in [3.63, 3.8) is 0 Å². The molecule has 172 valence electrons. The van der Waals surface area contributed by atoms with E-state index < -0.39 is 39.7 Å². The van der Waals surface area contributed by atoms with Crippen molar-refractivity contribution in [1.29, 1.82) is 0 Å². The van der Waals surface area contributed by atoms with Gasteiger partial charge in [-0.1, -0.05) is 6.07 Å². The molecule has 11 heteroatoms. The van der Waals surface area contributed by atoms with E-state index in [1.54, 1.807) is 0 Å². The molecule has 0 aromatic heterocycles. The number of rotatable bonds is 6. The van der Waals surface area contributed by atoms with Crippen molar-refractivity contribution in [3.8, 4) is 0 Å². The van der Waals surface area contributed by atoms with Crippen LogP contribution in [0.1, 0.15) is 35.7 Å². The van der Waals surface area contributed by atoms with Gasteiger partial charge in [0.15, 0.2) is 6.10 Å². The molecule has 2 aromatic rings. The fourth-order valence-electron chi connectivity index (χ4n) is 3.14. The van der Waals surface area contributed by atoms with Crippen molar-refractivity contribution in [1.82, 2.24) is 4.31 Å². The van der Waals surface area contributed by atoms with Gasteiger partial charge in [0.2, 0.25) is 10.0 Å². The van der Waals surface area contributed by atoms with E-state index in [-0.39, 0.29) is 16.1 Å². The highest BCUT2D eigenvalue weighted by Gasteiger charge is 2.31. The van der Waals surface area contributed by atoms with Crippen LogP contribution in [-0.2, 0) is 25.7 Å². The molecule has 1 fully saturated rings. The van der Waals surface area contributed by atoms with E-state index in [1.165, 1.54) is 41.6 Å². The minimum atomic E-state index is -4.56. The van der Waals surface area contributed by atoms with Gasteiger partial charge in [-0.15, -0.1) is 0 Å². The fraction of sp³-hybridized carbons (Fsp3) is 0.333. The van der Waals surface area contributed by atoms with Crippen LogP contribution in [0.25, 0.3) is 0 Å². The molecule has 0 aliphatic carbocycles. The number of nitrogens with zero attached hydrogens (tertiary/aromatic N) is 1. The van der Waals surface area contributed by atoms with Crippen molar-refractivity contribution in [2.45, 2.75) is 36.9 Å². The van der Waals surface area contributed by atoms with E-state index in [1.807, 2.05) is 0 Å². The Balaban J connectivity index is 1.62. The number of carbonyl (C=O) groups is 2. The number of anilines is 1. The van der Waals surface area contributed by atoms with E-state index in [9.17, 15) is 31.2 Å². The van der Waals surface area contributed by atoms with Crippen LogP contribution in [0.3, 0.4) is 0 Å². The Labute approximate surface area is 183 Å². The molecule has 0 spiro atoms. The minimum Gasteiger partial charge on any atom is -0.449 e. The minimum absolute atomic E-state index is 0.0316. The van der Waals surface area contributed by atoms with Gasteiger partial charge >= 0.3 is 12.1 Å². The zero-order valence-electron chi connectivity index (χ0n) is 17.1. The van der Waals surface area contributed by atoms with E-state index in [2.05, 4.69) is 5.32 Å². The van der Waals surface area contributed by atoms with Crippen molar-refractivity contribution in [2.75, 3.05) is 18.4 Å². The molecule has 1 heterocycles. The number of alkyl halides is 3. The topological polar surface area (TPSA) is 92.8 Å². The maximum Gasteiger partial charge on any atom is 0.416 e. The van der Waals surface area contributed by atoms with Gasteiger partial charge in [0.25, 0.3) is 5.91 Å². The zero-order valence-corrected chi connectivity index (χ0v) is 17.9. The van der Waals surface area contributed by atoms with Gasteiger partial charge in [0.1, 0.15) is 0 Å². The van der Waals surface area contributed by atoms with Crippen molar-refractivity contribution in [3.05, 3.63) is 59.7 Å². The molecule has 0 bridgehead atoms. The number of carbonyl (C=O) groups excluding carboxylic acids is 2. The molecule has 1 atom stereocenters. The number of nitrogens with one attached hydrogen (secondary N) is 1. The largest absolute Gasteiger partial charge is 0.449 e. The molecule has 1 aliphatic rings. The average Bonchev–Trinajstić information content (AvgIpc) is 3.29. The molecular formula is C21H21F3N2O5S. The number of amides is 1. The second kappa shape index (κ2) is 9.29. The van der Waals surface area contributed by atoms with E-state index in [0.717, 1.165) is 31.0 Å². The first-order valence-corrected chi connectivity index (χ1v) is 11.2. The molecule has 1 saturated heterocycles. The third-order valence-electron chi connectivity index (χ3n) is 4.90. The number of sulfonamides is 1. The SMILES string of the molecule is CC(OC(=O)c1ccc(S(=O)(=O)N2CCCC2)cc1)C(=O)Nc1cccc(C(F)(F)F)c1. The number of ether oxygens (including phenoxy) is 1. The van der Waals surface area contributed by atoms with Gasteiger partial charge in [-0.3, -0.25) is 4.79 Å². The van der Waals surface area contributed by atoms with Gasteiger partial charge in [-0.2, -0.15) is 17.5 Å². The molecule has 1 N–H and O–H groups in total. The summed E-state index contributed by atoms with van der Waals surface area (Å²) in [5.41, 5.74) is -0.989. The smallest absolute Gasteiger partial charge is 0.416 e. The Bertz CT molecular complexity index is 1100. The Morgan fingerprint density at radius 3 is 2.28 bits per heavy atom. The van der Waals surface area contributed by atoms with Crippen molar-refractivity contribution >= 4 is 27.6 Å². The van der Waals surface area contributed by atoms with Gasteiger partial charge < -0.3 is 10.1 Å². The summed E-state index contributed by atoms with van der Waals surface area (Å²) < 4.78 is 69.9. The molecule has 0 radical (unpaired) electrons. The summed E-state index contributed by atoms with van der Waals surface area (Å²) >= 11 is 0. The highest BCUT2D eigenvalue weighted by Crippen LogP contribution is 2.30. The molecular weight excluding hydrogens is 449 g/mol. The van der Waals surface area contributed by atoms with Crippen LogP contribution in [0, 0.1) is 0 Å². The zero-order chi connectivity index (χ0) is 23.5. The lowest BCUT2D eigenvalue weighted by Crippen LogP contribution is -2.30. The van der Waals surface area contributed by atoms with Crippen molar-refractivity contribution in [2.24, 2.45) is 0 Å². The van der Waals surface area contributed by atoms with Gasteiger partial charge in [-0.25, -0.2) is 13.2 Å². The Morgan fingerprint density at radius 2 is 1.69 bits per heavy atom. The lowest BCUT2D eigenvalue weighted by Gasteiger charge is -2.16. The predicted molar refractivity (Wildman–Crippen MR) is 109 cm³/mol. The maximum atomic E-state index is 12.8. The van der Waals surface area contributed by atoms with Gasteiger partial charge in [0.05, 0.1) is 16.0 Å². The standard InChI is InChI=1S/C21H21F3N2O5S/c1-14(19(27)25-17-6-4-5-16(13-17)21(22,23)24)31-20(28)15-7-9-18(10-8-15)32(29,30)26-11-2-3-12-26/h4-10,13-14H,2-3,11-12H2,1H3,(H,25,27). The number of hydrogen-bond acceptors (Lipinski definition) is 5. The quantitative estimate of drug-likeness (QED) is 0.651. The summed E-state index contributed by atoms with van der Waals surface area (Å²) in [6, 6.07) is 9.20. The summed E-state index contributed by atoms with van der Waals surface area (Å²) in [6.45, 7) is 2.17. The third-order valence-corrected chi connectivity index (χ3v) is 6.82. The molecule has 2 aromatic carbocycles. The summed E-state index contributed by atoms with van der Waals surface area (Å²) in [4.78, 5) is 24.6. The van der Waals surface area contributed by atoms with Crippen LogP contribution in [-0.4, -0.2) is 43.8 Å². The molecule has 1 aliphatic heterocycles. The van der Waals surface area contributed by atoms with E-state index in [0.29, 0.717) is 13.1 Å². The average molecular weight is 470 g/mol. The molecule has 1 unspecified atom stereocenters. The summed E-state index contributed by atoms with van der Waals surface area (Å²) in [5, 5.41) is 2.27. The number of halogens is 3. The number of benzene rings is 2. The molecule has 1 amide bonds. The molecule has 7 nitrogen and oxygen atoms in total. The molecule has 3 rings (SSSR count). The summed E-state index contributed by atoms with van der Waals surface area (Å²) in [7, 11) is -3.63. The maximum absolute atomic E-state index is 12.8. The van der Waals surface area contributed by atoms with Crippen molar-refractivity contribution < 1.29 is 35.9 Å². The van der Waals surface area contributed by atoms with Gasteiger partial charge in [0, 0.05) is 18.8 Å². The number of esters is 1. The Morgan fingerprint density at radius 1 is 1.06 bits per heavy atom. The summed E-state index contributed by atoms with van der Waals surface area (Å²) in [6.07, 6.45) is -4.27. The first kappa shape index (κ1) is 23.7. The number of hydrogen-bond donors (Lipinski definition) is 1. The first-order valence-electron chi connectivity index (χ1n) is 9.78. The molecule has 0 saturated carbocycles. The second-order valence-corrected chi connectivity index (χ2v) is 9.19. The fourth-order valence-corrected chi connectivity index (χ4v) is 4.66. The summed E-state index contributed by atoms with van der Waals surface area (Å²) in [5.74, 6) is -1.69. The highest BCUT2D eigenvalue weighted by atomic mass is 32.2. The monoisotopic (exact) mass is 470 g/mol. The van der Waals surface area contributed by atoms with E-state index >= 15 is 0 Å². The van der Waals surface area contributed by atoms with Crippen LogP contribution in [0.15, 0.2) is 53.4 Å². The lowest BCUT2D eigenvalue weighted by molar-refractivity contribution is -0.137. The van der Waals surface area contributed by atoms with Gasteiger partial charge in [-0.05, 0) is 62.2 Å². The predicted octanol–water partition coefficient (Wildman–Crippen LogP) is 3.67. The van der Waals surface area contributed by atoms with Crippen LogP contribution < -0.4 is 5.32 Å². The van der Waals surface area contributed by atoms with E-state index in [4.69, 9.17) is 4.74 Å². The van der Waals surface area contributed by atoms with Crippen LogP contribution in [0.2, 0.25) is 0 Å². The highest BCUT2D eigenvalue weighted by molar-refractivity contribution is 7.89. The van der Waals surface area contributed by atoms with Crippen LogP contribution in [0.5, 0.6) is 0 Å². The van der Waals surface area contributed by atoms with Crippen LogP contribution >= 0.6 is 0 Å². The lowest BCUT2D eigenvalue weighted by atomic mass is 10.2. The van der Waals surface area contributed by atoms with Crippen LogP contribution in [0.4, 0.5) is 18.9 Å². The third kappa shape index (κ3) is 5.46. The Hall–Kier alpha value is -2.92. The normalized spacial score (nSPS) is 15.9. The second-order valence-electron chi connectivity index (χ2n) is 7.25. The molecule has 32 heavy (non-hydrogen) atoms. The first-order chi connectivity index (χ1) is 15.0.